The van der Waals surface area contributed by atoms with Crippen LogP contribution in [0.3, 0.4) is 0 Å². The Hall–Kier alpha value is -2.18. The fraction of sp³-hybridized carbons (Fsp3) is 0.125. The largest absolute Gasteiger partial charge is 0.359 e. The second kappa shape index (κ2) is 5.23. The maximum atomic E-state index is 12.3. The van der Waals surface area contributed by atoms with E-state index in [0.717, 1.165) is 27.5 Å². The number of thiophene rings is 1. The lowest BCUT2D eigenvalue weighted by Crippen LogP contribution is -2.38. The molecule has 4 nitrogen and oxygen atoms in total. The molecule has 0 unspecified atom stereocenters. The standard InChI is InChI=1S/C16H13N3OS2/c1-9-3-2-4-11-13(9)18-14(19-15(11)20)12-8-22-16(17-12)10-5-6-21-7-10/h2-8,14,18H,1H3,(H,19,20)/t14-/m0/s1. The van der Waals surface area contributed by atoms with Crippen molar-refractivity contribution in [3.05, 3.63) is 57.2 Å². The Morgan fingerprint density at radius 2 is 2.09 bits per heavy atom. The molecule has 0 saturated carbocycles. The predicted molar refractivity (Wildman–Crippen MR) is 90.4 cm³/mol. The molecule has 110 valence electrons. The van der Waals surface area contributed by atoms with Gasteiger partial charge in [-0.15, -0.1) is 11.3 Å². The van der Waals surface area contributed by atoms with Crippen LogP contribution < -0.4 is 10.6 Å². The van der Waals surface area contributed by atoms with Crippen LogP contribution >= 0.6 is 22.7 Å². The van der Waals surface area contributed by atoms with E-state index >= 15 is 0 Å². The minimum absolute atomic E-state index is 0.0625. The van der Waals surface area contributed by atoms with Gasteiger partial charge in [-0.05, 0) is 30.0 Å². The van der Waals surface area contributed by atoms with Crippen molar-refractivity contribution in [1.82, 2.24) is 10.3 Å². The number of aryl methyl sites for hydroxylation is 1. The predicted octanol–water partition coefficient (Wildman–Crippen LogP) is 4.03. The van der Waals surface area contributed by atoms with Crippen LogP contribution in [-0.4, -0.2) is 10.9 Å². The van der Waals surface area contributed by atoms with Gasteiger partial charge in [-0.1, -0.05) is 12.1 Å². The summed E-state index contributed by atoms with van der Waals surface area (Å²) in [6.45, 7) is 2.00. The Kier molecular flexibility index (Phi) is 3.20. The molecule has 1 atom stereocenters. The molecule has 4 rings (SSSR count). The van der Waals surface area contributed by atoms with Gasteiger partial charge in [0.25, 0.3) is 5.91 Å². The third-order valence-corrected chi connectivity index (χ3v) is 5.26. The smallest absolute Gasteiger partial charge is 0.255 e. The third-order valence-electron chi connectivity index (χ3n) is 3.67. The van der Waals surface area contributed by atoms with Crippen molar-refractivity contribution in [3.8, 4) is 10.6 Å². The van der Waals surface area contributed by atoms with E-state index in [0.29, 0.717) is 5.56 Å². The highest BCUT2D eigenvalue weighted by Crippen LogP contribution is 2.32. The molecule has 22 heavy (non-hydrogen) atoms. The van der Waals surface area contributed by atoms with E-state index in [1.807, 2.05) is 35.9 Å². The number of carbonyl (C=O) groups is 1. The molecular weight excluding hydrogens is 314 g/mol. The van der Waals surface area contributed by atoms with E-state index < -0.39 is 0 Å². The summed E-state index contributed by atoms with van der Waals surface area (Å²) in [5.41, 5.74) is 4.60. The molecule has 0 radical (unpaired) electrons. The number of rotatable bonds is 2. The molecule has 3 heterocycles. The first kappa shape index (κ1) is 13.5. The number of hydrogen-bond donors (Lipinski definition) is 2. The van der Waals surface area contributed by atoms with E-state index in [1.165, 1.54) is 0 Å². The number of hydrogen-bond acceptors (Lipinski definition) is 5. The molecule has 1 aliphatic rings. The Balaban J connectivity index is 1.68. The molecule has 6 heteroatoms. The van der Waals surface area contributed by atoms with Gasteiger partial charge in [0.1, 0.15) is 11.2 Å². The highest BCUT2D eigenvalue weighted by Gasteiger charge is 2.27. The number of benzene rings is 1. The topological polar surface area (TPSA) is 54.0 Å². The van der Waals surface area contributed by atoms with Crippen molar-refractivity contribution in [1.29, 1.82) is 0 Å². The molecule has 0 bridgehead atoms. The Morgan fingerprint density at radius 3 is 2.91 bits per heavy atom. The summed E-state index contributed by atoms with van der Waals surface area (Å²) in [5.74, 6) is -0.0625. The van der Waals surface area contributed by atoms with Crippen LogP contribution in [0.1, 0.15) is 27.8 Å². The summed E-state index contributed by atoms with van der Waals surface area (Å²) < 4.78 is 0. The number of nitrogens with one attached hydrogen (secondary N) is 2. The normalized spacial score (nSPS) is 16.8. The van der Waals surface area contributed by atoms with E-state index in [4.69, 9.17) is 0 Å². The first-order valence-corrected chi connectivity index (χ1v) is 8.69. The van der Waals surface area contributed by atoms with Crippen LogP contribution in [0.15, 0.2) is 40.4 Å². The van der Waals surface area contributed by atoms with Crippen molar-refractivity contribution >= 4 is 34.3 Å². The average Bonchev–Trinajstić information content (AvgIpc) is 3.19. The number of anilines is 1. The van der Waals surface area contributed by atoms with Gasteiger partial charge in [0.2, 0.25) is 0 Å². The lowest BCUT2D eigenvalue weighted by Gasteiger charge is -2.27. The van der Waals surface area contributed by atoms with Crippen LogP contribution in [0.5, 0.6) is 0 Å². The molecule has 2 N–H and O–H groups in total. The van der Waals surface area contributed by atoms with E-state index in [-0.39, 0.29) is 12.1 Å². The zero-order valence-corrected chi connectivity index (χ0v) is 13.4. The van der Waals surface area contributed by atoms with Crippen LogP contribution in [-0.2, 0) is 0 Å². The van der Waals surface area contributed by atoms with Gasteiger partial charge in [-0.25, -0.2) is 4.98 Å². The summed E-state index contributed by atoms with van der Waals surface area (Å²) in [6, 6.07) is 7.78. The van der Waals surface area contributed by atoms with Gasteiger partial charge in [-0.3, -0.25) is 4.79 Å². The molecule has 1 aliphatic heterocycles. The summed E-state index contributed by atoms with van der Waals surface area (Å²) >= 11 is 3.25. The fourth-order valence-corrected chi connectivity index (χ4v) is 4.08. The van der Waals surface area contributed by atoms with Gasteiger partial charge in [-0.2, -0.15) is 11.3 Å². The molecule has 3 aromatic rings. The number of amides is 1. The lowest BCUT2D eigenvalue weighted by molar-refractivity contribution is 0.0935. The molecule has 0 spiro atoms. The van der Waals surface area contributed by atoms with Gasteiger partial charge >= 0.3 is 0 Å². The van der Waals surface area contributed by atoms with Crippen LogP contribution in [0, 0.1) is 6.92 Å². The van der Waals surface area contributed by atoms with Gasteiger partial charge in [0.05, 0.1) is 16.9 Å². The monoisotopic (exact) mass is 327 g/mol. The molecule has 0 saturated heterocycles. The first-order chi connectivity index (χ1) is 10.7. The number of nitrogens with zero attached hydrogens (tertiary/aromatic N) is 1. The average molecular weight is 327 g/mol. The highest BCUT2D eigenvalue weighted by atomic mass is 32.1. The number of carbonyl (C=O) groups excluding carboxylic acids is 1. The van der Waals surface area contributed by atoms with Crippen molar-refractivity contribution < 1.29 is 4.79 Å². The number of fused-ring (bicyclic) bond motifs is 1. The van der Waals surface area contributed by atoms with Crippen LogP contribution in [0.4, 0.5) is 5.69 Å². The van der Waals surface area contributed by atoms with Crippen LogP contribution in [0.2, 0.25) is 0 Å². The molecule has 2 aromatic heterocycles. The molecule has 0 fully saturated rings. The molecule has 1 aromatic carbocycles. The first-order valence-electron chi connectivity index (χ1n) is 6.87. The zero-order valence-electron chi connectivity index (χ0n) is 11.8. The van der Waals surface area contributed by atoms with Gasteiger partial charge in [0.15, 0.2) is 0 Å². The summed E-state index contributed by atoms with van der Waals surface area (Å²) in [7, 11) is 0. The minimum Gasteiger partial charge on any atom is -0.359 e. The van der Waals surface area contributed by atoms with Crippen molar-refractivity contribution in [2.45, 2.75) is 13.1 Å². The van der Waals surface area contributed by atoms with Crippen molar-refractivity contribution in [2.24, 2.45) is 0 Å². The Labute approximate surface area is 135 Å². The van der Waals surface area contributed by atoms with Crippen molar-refractivity contribution in [3.63, 3.8) is 0 Å². The molecular formula is C16H13N3OS2. The maximum absolute atomic E-state index is 12.3. The van der Waals surface area contributed by atoms with E-state index in [2.05, 4.69) is 27.1 Å². The summed E-state index contributed by atoms with van der Waals surface area (Å²) in [6.07, 6.45) is -0.287. The van der Waals surface area contributed by atoms with Crippen molar-refractivity contribution in [2.75, 3.05) is 5.32 Å². The fourth-order valence-electron chi connectivity index (χ4n) is 2.52. The Bertz CT molecular complexity index is 839. The SMILES string of the molecule is Cc1cccc2c1N[C@H](c1csc(-c3ccsc3)n1)NC2=O. The molecule has 0 aliphatic carbocycles. The summed E-state index contributed by atoms with van der Waals surface area (Å²) in [4.78, 5) is 16.9. The second-order valence-electron chi connectivity index (χ2n) is 5.14. The lowest BCUT2D eigenvalue weighted by atomic mass is 10.0. The quantitative estimate of drug-likeness (QED) is 0.747. The number of para-hydroxylation sites is 1. The highest BCUT2D eigenvalue weighted by molar-refractivity contribution is 7.14. The van der Waals surface area contributed by atoms with Crippen LogP contribution in [0.25, 0.3) is 10.6 Å². The molecule has 1 amide bonds. The van der Waals surface area contributed by atoms with Gasteiger partial charge in [0, 0.05) is 16.3 Å². The minimum atomic E-state index is -0.287. The second-order valence-corrected chi connectivity index (χ2v) is 6.78. The number of thiazole rings is 1. The number of aromatic nitrogens is 1. The summed E-state index contributed by atoms with van der Waals surface area (Å²) in [5, 5.41) is 13.4. The van der Waals surface area contributed by atoms with E-state index in [1.54, 1.807) is 22.7 Å². The maximum Gasteiger partial charge on any atom is 0.255 e. The Morgan fingerprint density at radius 1 is 1.18 bits per heavy atom. The zero-order chi connectivity index (χ0) is 15.1. The van der Waals surface area contributed by atoms with E-state index in [9.17, 15) is 4.79 Å². The third kappa shape index (κ3) is 2.20. The van der Waals surface area contributed by atoms with Gasteiger partial charge < -0.3 is 10.6 Å².